The largest absolute Gasteiger partial charge is 0.455 e. The number of nitro groups is 1. The predicted molar refractivity (Wildman–Crippen MR) is 91.8 cm³/mol. The van der Waals surface area contributed by atoms with Crippen LogP contribution < -0.4 is 4.83 Å². The lowest BCUT2D eigenvalue weighted by molar-refractivity contribution is -0.385. The maximum atomic E-state index is 12.2. The van der Waals surface area contributed by atoms with Gasteiger partial charge in [0, 0.05) is 17.5 Å². The molecule has 0 amide bonds. The van der Waals surface area contributed by atoms with Gasteiger partial charge in [0.05, 0.1) is 9.82 Å². The van der Waals surface area contributed by atoms with Crippen molar-refractivity contribution < 1.29 is 17.8 Å². The Labute approximate surface area is 143 Å². The molecule has 0 radical (unpaired) electrons. The number of non-ortho nitro benzene ring substituents is 1. The van der Waals surface area contributed by atoms with Crippen molar-refractivity contribution in [2.75, 3.05) is 0 Å². The van der Waals surface area contributed by atoms with Crippen LogP contribution in [0, 0.1) is 10.1 Å². The SMILES string of the molecule is C/C(=N/NS(=O)(=O)c1cccc([N+](=O)[O-])c1)c1cc2ccccc2o1. The summed E-state index contributed by atoms with van der Waals surface area (Å²) >= 11 is 0. The van der Waals surface area contributed by atoms with Gasteiger partial charge in [-0.25, -0.2) is 0 Å². The summed E-state index contributed by atoms with van der Waals surface area (Å²) in [4.78, 5) is 11.9. The van der Waals surface area contributed by atoms with E-state index < -0.39 is 14.9 Å². The van der Waals surface area contributed by atoms with Gasteiger partial charge in [0.25, 0.3) is 15.7 Å². The van der Waals surface area contributed by atoms with E-state index in [0.29, 0.717) is 17.1 Å². The maximum Gasteiger partial charge on any atom is 0.276 e. The second-order valence-corrected chi connectivity index (χ2v) is 6.86. The van der Waals surface area contributed by atoms with Gasteiger partial charge < -0.3 is 4.42 Å². The highest BCUT2D eigenvalue weighted by atomic mass is 32.2. The molecule has 3 aromatic rings. The number of nitrogens with one attached hydrogen (secondary N) is 1. The fourth-order valence-corrected chi connectivity index (χ4v) is 3.06. The Bertz CT molecular complexity index is 1050. The lowest BCUT2D eigenvalue weighted by Crippen LogP contribution is -2.20. The second kappa shape index (κ2) is 6.36. The van der Waals surface area contributed by atoms with Crippen molar-refractivity contribution in [1.29, 1.82) is 0 Å². The number of hydrazone groups is 1. The number of furan rings is 1. The number of benzene rings is 2. The standard InChI is InChI=1S/C16H13N3O5S/c1-11(16-9-12-5-2-3-8-15(12)24-16)17-18-25(22,23)14-7-4-6-13(10-14)19(20)21/h2-10,18H,1H3/b17-11-. The summed E-state index contributed by atoms with van der Waals surface area (Å²) in [6.07, 6.45) is 0. The van der Waals surface area contributed by atoms with Crippen LogP contribution in [0.2, 0.25) is 0 Å². The first-order valence-corrected chi connectivity index (χ1v) is 8.65. The van der Waals surface area contributed by atoms with Crippen molar-refractivity contribution in [3.8, 4) is 0 Å². The zero-order valence-electron chi connectivity index (χ0n) is 13.0. The molecule has 0 spiro atoms. The molecule has 0 aliphatic rings. The Morgan fingerprint density at radius 2 is 1.92 bits per heavy atom. The van der Waals surface area contributed by atoms with E-state index in [2.05, 4.69) is 9.93 Å². The number of nitrogens with zero attached hydrogens (tertiary/aromatic N) is 2. The maximum absolute atomic E-state index is 12.2. The normalized spacial score (nSPS) is 12.3. The Balaban J connectivity index is 1.86. The van der Waals surface area contributed by atoms with Crippen LogP contribution in [0.25, 0.3) is 11.0 Å². The first kappa shape index (κ1) is 16.7. The van der Waals surface area contributed by atoms with Gasteiger partial charge in [-0.2, -0.15) is 18.4 Å². The summed E-state index contributed by atoms with van der Waals surface area (Å²) in [5.41, 5.74) is 0.666. The highest BCUT2D eigenvalue weighted by Crippen LogP contribution is 2.20. The van der Waals surface area contributed by atoms with Gasteiger partial charge in [0.1, 0.15) is 11.3 Å². The van der Waals surface area contributed by atoms with Gasteiger partial charge in [0.15, 0.2) is 5.76 Å². The van der Waals surface area contributed by atoms with Gasteiger partial charge in [-0.05, 0) is 25.1 Å². The zero-order valence-corrected chi connectivity index (χ0v) is 13.9. The van der Waals surface area contributed by atoms with Crippen LogP contribution in [0.15, 0.2) is 69.0 Å². The minimum absolute atomic E-state index is 0.247. The lowest BCUT2D eigenvalue weighted by Gasteiger charge is -2.04. The Morgan fingerprint density at radius 3 is 2.64 bits per heavy atom. The molecule has 1 N–H and O–H groups in total. The molecule has 0 unspecified atom stereocenters. The first-order valence-electron chi connectivity index (χ1n) is 7.16. The number of fused-ring (bicyclic) bond motifs is 1. The number of rotatable bonds is 5. The van der Waals surface area contributed by atoms with E-state index in [0.717, 1.165) is 11.5 Å². The minimum atomic E-state index is -4.03. The first-order chi connectivity index (χ1) is 11.9. The molecule has 128 valence electrons. The van der Waals surface area contributed by atoms with Gasteiger partial charge >= 0.3 is 0 Å². The second-order valence-electron chi connectivity index (χ2n) is 5.19. The van der Waals surface area contributed by atoms with Gasteiger partial charge in [-0.3, -0.25) is 10.1 Å². The van der Waals surface area contributed by atoms with Crippen molar-refractivity contribution in [2.45, 2.75) is 11.8 Å². The molecule has 0 bridgehead atoms. The molecule has 2 aromatic carbocycles. The Morgan fingerprint density at radius 1 is 1.16 bits per heavy atom. The van der Waals surface area contributed by atoms with Crippen molar-refractivity contribution in [3.05, 3.63) is 70.5 Å². The molecule has 0 aliphatic heterocycles. The smallest absolute Gasteiger partial charge is 0.276 e. The van der Waals surface area contributed by atoms with E-state index in [1.165, 1.54) is 18.2 Å². The highest BCUT2D eigenvalue weighted by molar-refractivity contribution is 7.89. The lowest BCUT2D eigenvalue weighted by atomic mass is 10.2. The monoisotopic (exact) mass is 359 g/mol. The van der Waals surface area contributed by atoms with Crippen LogP contribution >= 0.6 is 0 Å². The number of para-hydroxylation sites is 1. The van der Waals surface area contributed by atoms with Crippen molar-refractivity contribution in [3.63, 3.8) is 0 Å². The van der Waals surface area contributed by atoms with Crippen LogP contribution in [-0.2, 0) is 10.0 Å². The average Bonchev–Trinajstić information content (AvgIpc) is 3.04. The van der Waals surface area contributed by atoms with E-state index in [1.807, 2.05) is 18.2 Å². The van der Waals surface area contributed by atoms with Crippen molar-refractivity contribution in [1.82, 2.24) is 4.83 Å². The Kier molecular flexibility index (Phi) is 4.24. The summed E-state index contributed by atoms with van der Waals surface area (Å²) < 4.78 is 30.1. The minimum Gasteiger partial charge on any atom is -0.455 e. The Hall–Kier alpha value is -3.20. The molecule has 0 fully saturated rings. The fourth-order valence-electron chi connectivity index (χ4n) is 2.16. The van der Waals surface area contributed by atoms with E-state index in [-0.39, 0.29) is 10.6 Å². The molecule has 0 saturated carbocycles. The van der Waals surface area contributed by atoms with Gasteiger partial charge in [0.2, 0.25) is 0 Å². The molecule has 25 heavy (non-hydrogen) atoms. The molecule has 8 nitrogen and oxygen atoms in total. The number of nitro benzene ring substituents is 1. The predicted octanol–water partition coefficient (Wildman–Crippen LogP) is 3.04. The number of hydrogen-bond acceptors (Lipinski definition) is 6. The van der Waals surface area contributed by atoms with Gasteiger partial charge in [-0.1, -0.05) is 24.3 Å². The summed E-state index contributed by atoms with van der Waals surface area (Å²) in [6, 6.07) is 13.8. The van der Waals surface area contributed by atoms with Crippen LogP contribution in [0.5, 0.6) is 0 Å². The summed E-state index contributed by atoms with van der Waals surface area (Å²) in [7, 11) is -4.03. The average molecular weight is 359 g/mol. The van der Waals surface area contributed by atoms with E-state index >= 15 is 0 Å². The van der Waals surface area contributed by atoms with Crippen molar-refractivity contribution in [2.24, 2.45) is 5.10 Å². The molecule has 0 saturated heterocycles. The quantitative estimate of drug-likeness (QED) is 0.427. The van der Waals surface area contributed by atoms with Crippen LogP contribution in [0.4, 0.5) is 5.69 Å². The molecule has 1 aromatic heterocycles. The van der Waals surface area contributed by atoms with Gasteiger partial charge in [-0.15, -0.1) is 0 Å². The van der Waals surface area contributed by atoms with Crippen molar-refractivity contribution >= 4 is 32.4 Å². The number of sulfonamides is 1. The molecular weight excluding hydrogens is 346 g/mol. The van der Waals surface area contributed by atoms with E-state index in [4.69, 9.17) is 4.42 Å². The molecule has 3 rings (SSSR count). The highest BCUT2D eigenvalue weighted by Gasteiger charge is 2.17. The molecule has 0 atom stereocenters. The molecular formula is C16H13N3O5S. The molecule has 0 aliphatic carbocycles. The van der Waals surface area contributed by atoms with Crippen LogP contribution in [0.3, 0.4) is 0 Å². The summed E-state index contributed by atoms with van der Waals surface area (Å²) in [5.74, 6) is 0.419. The fraction of sp³-hybridized carbons (Fsp3) is 0.0625. The molecule has 1 heterocycles. The molecule has 9 heteroatoms. The van der Waals surface area contributed by atoms with Crippen LogP contribution in [0.1, 0.15) is 12.7 Å². The summed E-state index contributed by atoms with van der Waals surface area (Å²) in [6.45, 7) is 1.59. The zero-order chi connectivity index (χ0) is 18.0. The van der Waals surface area contributed by atoms with E-state index in [9.17, 15) is 18.5 Å². The topological polar surface area (TPSA) is 115 Å². The summed E-state index contributed by atoms with van der Waals surface area (Å²) in [5, 5.41) is 15.5. The number of hydrogen-bond donors (Lipinski definition) is 1. The third-order valence-corrected chi connectivity index (χ3v) is 4.66. The van der Waals surface area contributed by atoms with Crippen LogP contribution in [-0.4, -0.2) is 19.1 Å². The third-order valence-electron chi connectivity index (χ3n) is 3.45. The third kappa shape index (κ3) is 3.50. The van der Waals surface area contributed by atoms with E-state index in [1.54, 1.807) is 19.1 Å².